The summed E-state index contributed by atoms with van der Waals surface area (Å²) < 4.78 is 10.0. The number of methoxy groups -OCH3 is 1. The van der Waals surface area contributed by atoms with Gasteiger partial charge in [0.25, 0.3) is 0 Å². The summed E-state index contributed by atoms with van der Waals surface area (Å²) in [7, 11) is 1.51. The normalized spacial score (nSPS) is 12.2. The third-order valence-corrected chi connectivity index (χ3v) is 2.71. The molecule has 0 saturated carbocycles. The number of H-pyrrole nitrogens is 1. The Morgan fingerprint density at radius 3 is 2.45 bits per heavy atom. The SMILES string of the molecule is COc1cc(C=CC=CC=CC=Cc2ccc[nH]2)oc(=O)c1. The van der Waals surface area contributed by atoms with Crippen LogP contribution in [0.5, 0.6) is 5.75 Å². The molecule has 0 aliphatic rings. The molecule has 0 unspecified atom stereocenters. The lowest BCUT2D eigenvalue weighted by Gasteiger charge is -1.97. The standard InChI is InChI=1S/C18H17NO3/c1-21-17-13-16(22-18(20)14-17)11-7-5-3-2-4-6-9-15-10-8-12-19-15/h2-14,19H,1H3. The van der Waals surface area contributed by atoms with Crippen LogP contribution in [0.4, 0.5) is 0 Å². The van der Waals surface area contributed by atoms with Gasteiger partial charge in [0.05, 0.1) is 13.2 Å². The van der Waals surface area contributed by atoms with Gasteiger partial charge in [-0.15, -0.1) is 0 Å². The molecule has 0 fully saturated rings. The third kappa shape index (κ3) is 5.17. The van der Waals surface area contributed by atoms with Crippen molar-refractivity contribution in [3.05, 3.63) is 88.8 Å². The summed E-state index contributed by atoms with van der Waals surface area (Å²) in [5, 5.41) is 0. The highest BCUT2D eigenvalue weighted by Gasteiger charge is 1.97. The number of aromatic amines is 1. The number of hydrogen-bond donors (Lipinski definition) is 1. The Morgan fingerprint density at radius 2 is 1.77 bits per heavy atom. The van der Waals surface area contributed by atoms with Crippen LogP contribution in [0.15, 0.2) is 76.1 Å². The second kappa shape index (κ2) is 8.32. The molecule has 0 aliphatic carbocycles. The molecule has 0 aromatic carbocycles. The first-order chi connectivity index (χ1) is 10.8. The molecule has 0 bridgehead atoms. The highest BCUT2D eigenvalue weighted by atomic mass is 16.5. The van der Waals surface area contributed by atoms with Crippen LogP contribution in [0.25, 0.3) is 12.2 Å². The summed E-state index contributed by atoms with van der Waals surface area (Å²) in [6.45, 7) is 0. The molecule has 0 atom stereocenters. The minimum Gasteiger partial charge on any atom is -0.496 e. The average Bonchev–Trinajstić information content (AvgIpc) is 3.02. The molecule has 0 amide bonds. The van der Waals surface area contributed by atoms with Crippen LogP contribution in [0.3, 0.4) is 0 Å². The quantitative estimate of drug-likeness (QED) is 0.824. The van der Waals surface area contributed by atoms with Crippen molar-refractivity contribution in [2.24, 2.45) is 0 Å². The molecule has 1 N–H and O–H groups in total. The number of ether oxygens (including phenoxy) is 1. The Morgan fingerprint density at radius 1 is 1.05 bits per heavy atom. The molecule has 22 heavy (non-hydrogen) atoms. The van der Waals surface area contributed by atoms with Crippen molar-refractivity contribution >= 4 is 12.2 Å². The van der Waals surface area contributed by atoms with Gasteiger partial charge in [-0.25, -0.2) is 4.79 Å². The van der Waals surface area contributed by atoms with Crippen LogP contribution in [0.1, 0.15) is 11.5 Å². The largest absolute Gasteiger partial charge is 0.496 e. The highest BCUT2D eigenvalue weighted by Crippen LogP contribution is 2.10. The zero-order valence-electron chi connectivity index (χ0n) is 12.2. The number of hydrogen-bond acceptors (Lipinski definition) is 3. The minimum absolute atomic E-state index is 0.433. The van der Waals surface area contributed by atoms with E-state index in [2.05, 4.69) is 4.98 Å². The summed E-state index contributed by atoms with van der Waals surface area (Å²) in [5.74, 6) is 0.929. The topological polar surface area (TPSA) is 55.2 Å². The van der Waals surface area contributed by atoms with E-state index in [0.717, 1.165) is 5.69 Å². The van der Waals surface area contributed by atoms with Crippen LogP contribution in [0.2, 0.25) is 0 Å². The Kier molecular flexibility index (Phi) is 5.81. The summed E-state index contributed by atoms with van der Waals surface area (Å²) >= 11 is 0. The van der Waals surface area contributed by atoms with Crippen LogP contribution in [0, 0.1) is 0 Å². The second-order valence-electron chi connectivity index (χ2n) is 4.33. The van der Waals surface area contributed by atoms with E-state index in [4.69, 9.17) is 9.15 Å². The fourth-order valence-electron chi connectivity index (χ4n) is 1.69. The first kappa shape index (κ1) is 15.4. The number of allylic oxidation sites excluding steroid dienone is 6. The van der Waals surface area contributed by atoms with Gasteiger partial charge in [0.2, 0.25) is 0 Å². The van der Waals surface area contributed by atoms with Gasteiger partial charge in [0.15, 0.2) is 0 Å². The van der Waals surface area contributed by atoms with E-state index in [-0.39, 0.29) is 0 Å². The molecule has 0 spiro atoms. The zero-order valence-corrected chi connectivity index (χ0v) is 12.2. The number of rotatable bonds is 6. The predicted molar refractivity (Wildman–Crippen MR) is 88.7 cm³/mol. The molecular weight excluding hydrogens is 278 g/mol. The minimum atomic E-state index is -0.433. The van der Waals surface area contributed by atoms with Crippen molar-refractivity contribution in [2.45, 2.75) is 0 Å². The molecular formula is C18H17NO3. The van der Waals surface area contributed by atoms with Gasteiger partial charge in [0.1, 0.15) is 11.5 Å². The molecule has 4 nitrogen and oxygen atoms in total. The zero-order chi connectivity index (χ0) is 15.6. The van der Waals surface area contributed by atoms with Crippen LogP contribution >= 0.6 is 0 Å². The molecule has 112 valence electrons. The van der Waals surface area contributed by atoms with Crippen LogP contribution < -0.4 is 10.4 Å². The van der Waals surface area contributed by atoms with E-state index in [1.807, 2.05) is 54.8 Å². The summed E-state index contributed by atoms with van der Waals surface area (Å²) in [6.07, 6.45) is 16.9. The summed E-state index contributed by atoms with van der Waals surface area (Å²) in [6, 6.07) is 6.89. The van der Waals surface area contributed by atoms with Gasteiger partial charge in [-0.1, -0.05) is 36.5 Å². The first-order valence-corrected chi connectivity index (χ1v) is 6.78. The predicted octanol–water partition coefficient (Wildman–Crippen LogP) is 3.82. The van der Waals surface area contributed by atoms with Crippen molar-refractivity contribution in [1.82, 2.24) is 4.98 Å². The Balaban J connectivity index is 1.86. The van der Waals surface area contributed by atoms with Gasteiger partial charge in [-0.2, -0.15) is 0 Å². The molecule has 2 aromatic rings. The van der Waals surface area contributed by atoms with Crippen molar-refractivity contribution in [1.29, 1.82) is 0 Å². The van der Waals surface area contributed by atoms with Gasteiger partial charge in [-0.05, 0) is 24.3 Å². The Bertz CT molecular complexity index is 747. The van der Waals surface area contributed by atoms with Crippen LogP contribution in [-0.4, -0.2) is 12.1 Å². The van der Waals surface area contributed by atoms with Gasteiger partial charge in [0, 0.05) is 18.0 Å². The number of nitrogens with one attached hydrogen (secondary N) is 1. The average molecular weight is 295 g/mol. The van der Waals surface area contributed by atoms with Gasteiger partial charge >= 0.3 is 5.63 Å². The van der Waals surface area contributed by atoms with Crippen molar-refractivity contribution in [3.8, 4) is 5.75 Å². The Hall–Kier alpha value is -3.01. The fraction of sp³-hybridized carbons (Fsp3) is 0.0556. The lowest BCUT2D eigenvalue weighted by molar-refractivity contribution is 0.400. The highest BCUT2D eigenvalue weighted by molar-refractivity contribution is 5.48. The fourth-order valence-corrected chi connectivity index (χ4v) is 1.69. The maximum atomic E-state index is 11.3. The molecule has 0 radical (unpaired) electrons. The van der Waals surface area contributed by atoms with E-state index in [0.29, 0.717) is 11.5 Å². The van der Waals surface area contributed by atoms with Gasteiger partial charge in [-0.3, -0.25) is 0 Å². The lowest BCUT2D eigenvalue weighted by atomic mass is 10.3. The van der Waals surface area contributed by atoms with E-state index in [1.54, 1.807) is 18.2 Å². The molecule has 2 aromatic heterocycles. The summed E-state index contributed by atoms with van der Waals surface area (Å²) in [5.41, 5.74) is 0.624. The molecule has 2 heterocycles. The van der Waals surface area contributed by atoms with Crippen LogP contribution in [-0.2, 0) is 0 Å². The van der Waals surface area contributed by atoms with E-state index in [1.165, 1.54) is 13.2 Å². The van der Waals surface area contributed by atoms with Gasteiger partial charge < -0.3 is 14.1 Å². The molecule has 0 saturated heterocycles. The Labute approximate surface area is 128 Å². The molecule has 4 heteroatoms. The monoisotopic (exact) mass is 295 g/mol. The van der Waals surface area contributed by atoms with Crippen molar-refractivity contribution in [3.63, 3.8) is 0 Å². The summed E-state index contributed by atoms with van der Waals surface area (Å²) in [4.78, 5) is 14.3. The number of aromatic nitrogens is 1. The first-order valence-electron chi connectivity index (χ1n) is 6.78. The van der Waals surface area contributed by atoms with E-state index in [9.17, 15) is 4.79 Å². The second-order valence-corrected chi connectivity index (χ2v) is 4.33. The lowest BCUT2D eigenvalue weighted by Crippen LogP contribution is -1.98. The third-order valence-electron chi connectivity index (χ3n) is 2.71. The maximum Gasteiger partial charge on any atom is 0.339 e. The smallest absolute Gasteiger partial charge is 0.339 e. The molecule has 0 aliphatic heterocycles. The van der Waals surface area contributed by atoms with Crippen molar-refractivity contribution in [2.75, 3.05) is 7.11 Å². The van der Waals surface area contributed by atoms with Crippen molar-refractivity contribution < 1.29 is 9.15 Å². The molecule has 2 rings (SSSR count). The van der Waals surface area contributed by atoms with E-state index >= 15 is 0 Å². The van der Waals surface area contributed by atoms with E-state index < -0.39 is 5.63 Å². The maximum absolute atomic E-state index is 11.3.